The SMILES string of the molecule is CCCOc1ccc([C@H]2/C(=C(\O)c3ccc(Cl)cc3)C(=O)C(=O)N2CCCN(CC)CC)cc1OC. The molecule has 0 aliphatic carbocycles. The summed E-state index contributed by atoms with van der Waals surface area (Å²) >= 11 is 6.01. The maximum Gasteiger partial charge on any atom is 0.295 e. The quantitative estimate of drug-likeness (QED) is 0.235. The van der Waals surface area contributed by atoms with Gasteiger partial charge < -0.3 is 24.4 Å². The first-order valence-corrected chi connectivity index (χ1v) is 12.8. The molecule has 0 radical (unpaired) electrons. The number of nitrogens with zero attached hydrogens (tertiary/aromatic N) is 2. The first kappa shape index (κ1) is 27.6. The molecule has 1 fully saturated rings. The Bertz CT molecular complexity index is 1100. The van der Waals surface area contributed by atoms with E-state index < -0.39 is 17.7 Å². The summed E-state index contributed by atoms with van der Waals surface area (Å²) in [6, 6.07) is 11.1. The van der Waals surface area contributed by atoms with Crippen molar-refractivity contribution in [1.82, 2.24) is 9.80 Å². The van der Waals surface area contributed by atoms with Crippen molar-refractivity contribution in [2.75, 3.05) is 39.9 Å². The lowest BCUT2D eigenvalue weighted by atomic mass is 9.95. The molecule has 0 unspecified atom stereocenters. The third kappa shape index (κ3) is 6.02. The Kier molecular flexibility index (Phi) is 9.79. The van der Waals surface area contributed by atoms with Crippen LogP contribution in [0.2, 0.25) is 5.02 Å². The van der Waals surface area contributed by atoms with E-state index in [1.165, 1.54) is 0 Å². The molecular weight excluding hydrogens is 480 g/mol. The van der Waals surface area contributed by atoms with Gasteiger partial charge in [0.15, 0.2) is 11.5 Å². The molecule has 1 heterocycles. The summed E-state index contributed by atoms with van der Waals surface area (Å²) < 4.78 is 11.3. The fraction of sp³-hybridized carbons (Fsp3) is 0.429. The molecule has 2 aromatic carbocycles. The molecule has 0 aromatic heterocycles. The molecule has 36 heavy (non-hydrogen) atoms. The van der Waals surface area contributed by atoms with E-state index in [1.54, 1.807) is 48.4 Å². The van der Waals surface area contributed by atoms with Crippen LogP contribution in [0.4, 0.5) is 0 Å². The van der Waals surface area contributed by atoms with Gasteiger partial charge in [0.1, 0.15) is 5.76 Å². The summed E-state index contributed by atoms with van der Waals surface area (Å²) in [7, 11) is 1.55. The number of carbonyl (C=O) groups excluding carboxylic acids is 2. The van der Waals surface area contributed by atoms with Gasteiger partial charge in [0.2, 0.25) is 0 Å². The van der Waals surface area contributed by atoms with Gasteiger partial charge in [-0.25, -0.2) is 0 Å². The highest BCUT2D eigenvalue weighted by atomic mass is 35.5. The van der Waals surface area contributed by atoms with Crippen molar-refractivity contribution < 1.29 is 24.2 Å². The standard InChI is InChI=1S/C28H35ClN2O5/c1-5-17-36-22-14-11-20(18-23(22)35-4)25-24(26(32)19-9-12-21(29)13-10-19)27(33)28(34)31(25)16-8-15-30(6-2)7-3/h9-14,18,25,32H,5-8,15-17H2,1-4H3/b26-24+/t25-/m0/s1. The highest BCUT2D eigenvalue weighted by Crippen LogP contribution is 2.42. The second-order valence-electron chi connectivity index (χ2n) is 8.64. The Labute approximate surface area is 218 Å². The minimum atomic E-state index is -0.758. The van der Waals surface area contributed by atoms with Crippen LogP contribution in [0.5, 0.6) is 11.5 Å². The van der Waals surface area contributed by atoms with Crippen LogP contribution in [0.3, 0.4) is 0 Å². The molecule has 2 aromatic rings. The molecular formula is C28H35ClN2O5. The normalized spacial score (nSPS) is 17.2. The molecule has 194 valence electrons. The fourth-order valence-corrected chi connectivity index (χ4v) is 4.54. The first-order chi connectivity index (χ1) is 17.4. The number of aliphatic hydroxyl groups excluding tert-OH is 1. The monoisotopic (exact) mass is 514 g/mol. The minimum absolute atomic E-state index is 0.0504. The number of carbonyl (C=O) groups is 2. The number of rotatable bonds is 12. The van der Waals surface area contributed by atoms with Gasteiger partial charge in [-0.2, -0.15) is 0 Å². The van der Waals surface area contributed by atoms with Crippen molar-refractivity contribution in [3.63, 3.8) is 0 Å². The molecule has 7 nitrogen and oxygen atoms in total. The van der Waals surface area contributed by atoms with Gasteiger partial charge in [0.05, 0.1) is 25.3 Å². The number of Topliss-reactive ketones (excluding diaryl/α,β-unsaturated/α-hetero) is 1. The van der Waals surface area contributed by atoms with Crippen LogP contribution in [0.1, 0.15) is 50.8 Å². The Morgan fingerprint density at radius 2 is 1.75 bits per heavy atom. The largest absolute Gasteiger partial charge is 0.507 e. The van der Waals surface area contributed by atoms with E-state index in [4.69, 9.17) is 21.1 Å². The van der Waals surface area contributed by atoms with Crippen molar-refractivity contribution in [2.45, 2.75) is 39.7 Å². The average molecular weight is 515 g/mol. The van der Waals surface area contributed by atoms with E-state index in [-0.39, 0.29) is 11.3 Å². The van der Waals surface area contributed by atoms with Crippen LogP contribution in [-0.2, 0) is 9.59 Å². The molecule has 0 spiro atoms. The Hall–Kier alpha value is -3.03. The van der Waals surface area contributed by atoms with E-state index in [0.29, 0.717) is 47.2 Å². The lowest BCUT2D eigenvalue weighted by molar-refractivity contribution is -0.140. The highest BCUT2D eigenvalue weighted by molar-refractivity contribution is 6.46. The summed E-state index contributed by atoms with van der Waals surface area (Å²) in [6.45, 7) is 9.73. The van der Waals surface area contributed by atoms with Gasteiger partial charge in [0, 0.05) is 17.1 Å². The molecule has 0 bridgehead atoms. The minimum Gasteiger partial charge on any atom is -0.507 e. The zero-order valence-electron chi connectivity index (χ0n) is 21.4. The van der Waals surface area contributed by atoms with Gasteiger partial charge in [-0.05, 0) is 74.4 Å². The van der Waals surface area contributed by atoms with Crippen LogP contribution in [0, 0.1) is 0 Å². The summed E-state index contributed by atoms with van der Waals surface area (Å²) in [4.78, 5) is 30.3. The number of likely N-dealkylation sites (tertiary alicyclic amines) is 1. The van der Waals surface area contributed by atoms with Gasteiger partial charge in [-0.3, -0.25) is 9.59 Å². The van der Waals surface area contributed by atoms with E-state index in [1.807, 2.05) is 13.0 Å². The third-order valence-corrected chi connectivity index (χ3v) is 6.64. The molecule has 8 heteroatoms. The van der Waals surface area contributed by atoms with Crippen molar-refractivity contribution >= 4 is 29.1 Å². The van der Waals surface area contributed by atoms with E-state index in [2.05, 4.69) is 18.7 Å². The van der Waals surface area contributed by atoms with Crippen molar-refractivity contribution in [3.05, 3.63) is 64.2 Å². The summed E-state index contributed by atoms with van der Waals surface area (Å²) in [5, 5.41) is 11.7. The lowest BCUT2D eigenvalue weighted by Crippen LogP contribution is -2.33. The van der Waals surface area contributed by atoms with Gasteiger partial charge in [0.25, 0.3) is 11.7 Å². The van der Waals surface area contributed by atoms with Crippen molar-refractivity contribution in [3.8, 4) is 11.5 Å². The first-order valence-electron chi connectivity index (χ1n) is 12.4. The van der Waals surface area contributed by atoms with Gasteiger partial charge in [-0.15, -0.1) is 0 Å². The van der Waals surface area contributed by atoms with Crippen molar-refractivity contribution in [1.29, 1.82) is 0 Å². The predicted octanol–water partition coefficient (Wildman–Crippen LogP) is 5.29. The van der Waals surface area contributed by atoms with Gasteiger partial charge >= 0.3 is 0 Å². The van der Waals surface area contributed by atoms with Crippen LogP contribution in [0.25, 0.3) is 5.76 Å². The Balaban J connectivity index is 2.07. The average Bonchev–Trinajstić information content (AvgIpc) is 3.14. The van der Waals surface area contributed by atoms with Crippen LogP contribution < -0.4 is 9.47 Å². The number of halogens is 1. The van der Waals surface area contributed by atoms with E-state index in [9.17, 15) is 14.7 Å². The smallest absolute Gasteiger partial charge is 0.295 e. The number of benzene rings is 2. The number of aliphatic hydroxyl groups is 1. The number of hydrogen-bond donors (Lipinski definition) is 1. The van der Waals surface area contributed by atoms with E-state index in [0.717, 1.165) is 26.1 Å². The van der Waals surface area contributed by atoms with Crippen molar-refractivity contribution in [2.24, 2.45) is 0 Å². The Morgan fingerprint density at radius 1 is 1.06 bits per heavy atom. The molecule has 1 aliphatic rings. The number of ether oxygens (including phenoxy) is 2. The summed E-state index contributed by atoms with van der Waals surface area (Å²) in [6.07, 6.45) is 1.54. The van der Waals surface area contributed by atoms with Gasteiger partial charge in [-0.1, -0.05) is 38.4 Å². The molecule has 1 amide bonds. The van der Waals surface area contributed by atoms with E-state index >= 15 is 0 Å². The second-order valence-corrected chi connectivity index (χ2v) is 9.08. The molecule has 0 saturated carbocycles. The zero-order valence-corrected chi connectivity index (χ0v) is 22.2. The highest BCUT2D eigenvalue weighted by Gasteiger charge is 2.46. The number of methoxy groups -OCH3 is 1. The second kappa shape index (κ2) is 12.8. The summed E-state index contributed by atoms with van der Waals surface area (Å²) in [5.41, 5.74) is 1.13. The fourth-order valence-electron chi connectivity index (χ4n) is 4.41. The Morgan fingerprint density at radius 3 is 2.36 bits per heavy atom. The molecule has 1 aliphatic heterocycles. The third-order valence-electron chi connectivity index (χ3n) is 6.39. The summed E-state index contributed by atoms with van der Waals surface area (Å²) in [5.74, 6) is -0.479. The topological polar surface area (TPSA) is 79.3 Å². The van der Waals surface area contributed by atoms with Crippen LogP contribution in [0.15, 0.2) is 48.0 Å². The molecule has 1 N–H and O–H groups in total. The molecule has 1 saturated heterocycles. The predicted molar refractivity (Wildman–Crippen MR) is 142 cm³/mol. The number of hydrogen-bond acceptors (Lipinski definition) is 6. The maximum atomic E-state index is 13.3. The maximum absolute atomic E-state index is 13.3. The van der Waals surface area contributed by atoms with Crippen LogP contribution in [-0.4, -0.2) is 66.5 Å². The number of amides is 1. The zero-order chi connectivity index (χ0) is 26.2. The van der Waals surface area contributed by atoms with Crippen LogP contribution >= 0.6 is 11.6 Å². The molecule has 3 rings (SSSR count). The molecule has 1 atom stereocenters. The number of ketones is 1. The lowest BCUT2D eigenvalue weighted by Gasteiger charge is -2.27.